The SMILES string of the molecule is CC(C)(C)OC(=O)NC(Cc1cscn1)C(=O)N[C@@H](CC1CCCCC1)[C@@H](O)[C@@H](O)C1CC1. The molecule has 2 aliphatic carbocycles. The average molecular weight is 482 g/mol. The van der Waals surface area contributed by atoms with E-state index < -0.39 is 41.9 Å². The van der Waals surface area contributed by atoms with Gasteiger partial charge in [-0.25, -0.2) is 9.78 Å². The Balaban J connectivity index is 1.71. The van der Waals surface area contributed by atoms with E-state index in [1.54, 1.807) is 26.3 Å². The molecular formula is C24H39N3O5S. The summed E-state index contributed by atoms with van der Waals surface area (Å²) in [6.45, 7) is 5.29. The number of carbonyl (C=O) groups excluding carboxylic acids is 2. The van der Waals surface area contributed by atoms with Crippen LogP contribution in [0.2, 0.25) is 0 Å². The second-order valence-corrected chi connectivity index (χ2v) is 11.3. The highest BCUT2D eigenvalue weighted by Crippen LogP contribution is 2.36. The predicted octanol–water partition coefficient (Wildman–Crippen LogP) is 3.17. The summed E-state index contributed by atoms with van der Waals surface area (Å²) in [6.07, 6.45) is 5.71. The fourth-order valence-electron chi connectivity index (χ4n) is 4.51. The van der Waals surface area contributed by atoms with Crippen molar-refractivity contribution in [3.05, 3.63) is 16.6 Å². The zero-order valence-corrected chi connectivity index (χ0v) is 20.8. The fraction of sp³-hybridized carbons (Fsp3) is 0.792. The topological polar surface area (TPSA) is 121 Å². The smallest absolute Gasteiger partial charge is 0.408 e. The molecule has 8 nitrogen and oxygen atoms in total. The van der Waals surface area contributed by atoms with E-state index in [2.05, 4.69) is 15.6 Å². The third kappa shape index (κ3) is 8.54. The number of hydrogen-bond donors (Lipinski definition) is 4. The molecule has 33 heavy (non-hydrogen) atoms. The van der Waals surface area contributed by atoms with Crippen LogP contribution < -0.4 is 10.6 Å². The molecule has 0 radical (unpaired) electrons. The lowest BCUT2D eigenvalue weighted by atomic mass is 9.82. The molecule has 4 atom stereocenters. The number of ether oxygens (including phenoxy) is 1. The minimum absolute atomic E-state index is 0.0939. The summed E-state index contributed by atoms with van der Waals surface area (Å²) in [6, 6.07) is -1.48. The van der Waals surface area contributed by atoms with E-state index in [4.69, 9.17) is 4.74 Å². The van der Waals surface area contributed by atoms with E-state index in [0.717, 1.165) is 38.5 Å². The van der Waals surface area contributed by atoms with Gasteiger partial charge in [-0.15, -0.1) is 11.3 Å². The van der Waals surface area contributed by atoms with E-state index in [1.807, 2.05) is 5.38 Å². The van der Waals surface area contributed by atoms with Crippen molar-refractivity contribution in [3.63, 3.8) is 0 Å². The van der Waals surface area contributed by atoms with Gasteiger partial charge in [0.25, 0.3) is 0 Å². The van der Waals surface area contributed by atoms with Gasteiger partial charge in [-0.2, -0.15) is 0 Å². The Morgan fingerprint density at radius 3 is 2.42 bits per heavy atom. The quantitative estimate of drug-likeness (QED) is 0.407. The first kappa shape index (κ1) is 25.9. The molecule has 2 aliphatic rings. The van der Waals surface area contributed by atoms with Crippen molar-refractivity contribution in [3.8, 4) is 0 Å². The van der Waals surface area contributed by atoms with Crippen LogP contribution in [0.4, 0.5) is 4.79 Å². The predicted molar refractivity (Wildman–Crippen MR) is 127 cm³/mol. The molecule has 2 saturated carbocycles. The summed E-state index contributed by atoms with van der Waals surface area (Å²) >= 11 is 1.42. The maximum Gasteiger partial charge on any atom is 0.408 e. The summed E-state index contributed by atoms with van der Waals surface area (Å²) in [4.78, 5) is 30.0. The van der Waals surface area contributed by atoms with E-state index in [1.165, 1.54) is 17.8 Å². The lowest BCUT2D eigenvalue weighted by Gasteiger charge is -2.33. The molecule has 1 aromatic rings. The molecule has 2 fully saturated rings. The molecule has 186 valence electrons. The highest BCUT2D eigenvalue weighted by Gasteiger charge is 2.40. The third-order valence-electron chi connectivity index (χ3n) is 6.41. The molecule has 0 bridgehead atoms. The normalized spacial score (nSPS) is 21.0. The molecule has 1 heterocycles. The number of nitrogens with zero attached hydrogens (tertiary/aromatic N) is 1. The van der Waals surface area contributed by atoms with Crippen LogP contribution in [0, 0.1) is 11.8 Å². The summed E-state index contributed by atoms with van der Waals surface area (Å²) in [5.74, 6) is 0.0917. The van der Waals surface area contributed by atoms with Crippen LogP contribution in [-0.2, 0) is 16.0 Å². The zero-order chi connectivity index (χ0) is 24.0. The van der Waals surface area contributed by atoms with Crippen molar-refractivity contribution in [2.24, 2.45) is 11.8 Å². The van der Waals surface area contributed by atoms with Gasteiger partial charge in [-0.05, 0) is 51.9 Å². The van der Waals surface area contributed by atoms with Crippen LogP contribution in [0.3, 0.4) is 0 Å². The largest absolute Gasteiger partial charge is 0.444 e. The second-order valence-electron chi connectivity index (χ2n) is 10.6. The maximum atomic E-state index is 13.3. The number of rotatable bonds is 10. The standard InChI is InChI=1S/C24H39N3O5S/c1-24(2,3)32-23(31)27-19(12-17-13-33-14-25-17)22(30)26-18(11-15-7-5-4-6-8-15)21(29)20(28)16-9-10-16/h13-16,18-21,28-29H,4-12H2,1-3H3,(H,26,30)(H,27,31)/t18-,19?,20-,21+/m0/s1. The molecule has 3 rings (SSSR count). The number of aliphatic hydroxyl groups excluding tert-OH is 2. The first-order valence-electron chi connectivity index (χ1n) is 12.2. The minimum atomic E-state index is -1.04. The van der Waals surface area contributed by atoms with Crippen molar-refractivity contribution < 1.29 is 24.5 Å². The van der Waals surface area contributed by atoms with Crippen molar-refractivity contribution in [1.29, 1.82) is 0 Å². The van der Waals surface area contributed by atoms with E-state index in [0.29, 0.717) is 18.0 Å². The van der Waals surface area contributed by atoms with Gasteiger partial charge in [0.1, 0.15) is 17.7 Å². The summed E-state index contributed by atoms with van der Waals surface area (Å²) in [5, 5.41) is 29.0. The van der Waals surface area contributed by atoms with Crippen LogP contribution in [0.25, 0.3) is 0 Å². The molecular weight excluding hydrogens is 442 g/mol. The van der Waals surface area contributed by atoms with Gasteiger partial charge in [-0.1, -0.05) is 32.1 Å². The number of amides is 2. The summed E-state index contributed by atoms with van der Waals surface area (Å²) in [7, 11) is 0. The molecule has 0 aromatic carbocycles. The molecule has 0 aliphatic heterocycles. The minimum Gasteiger partial charge on any atom is -0.444 e. The van der Waals surface area contributed by atoms with Crippen LogP contribution >= 0.6 is 11.3 Å². The number of thiazole rings is 1. The van der Waals surface area contributed by atoms with Gasteiger partial charge >= 0.3 is 6.09 Å². The van der Waals surface area contributed by atoms with Gasteiger partial charge in [0, 0.05) is 11.8 Å². The molecule has 2 amide bonds. The lowest BCUT2D eigenvalue weighted by molar-refractivity contribution is -0.126. The molecule has 9 heteroatoms. The fourth-order valence-corrected chi connectivity index (χ4v) is 5.08. The number of nitrogens with one attached hydrogen (secondary N) is 2. The molecule has 1 aromatic heterocycles. The third-order valence-corrected chi connectivity index (χ3v) is 7.05. The van der Waals surface area contributed by atoms with Crippen molar-refractivity contribution in [2.45, 2.75) is 108 Å². The van der Waals surface area contributed by atoms with Crippen molar-refractivity contribution in [1.82, 2.24) is 15.6 Å². The second kappa shape index (κ2) is 11.6. The summed E-state index contributed by atoms with van der Waals surface area (Å²) < 4.78 is 5.35. The highest BCUT2D eigenvalue weighted by molar-refractivity contribution is 7.07. The molecule has 0 spiro atoms. The first-order chi connectivity index (χ1) is 15.6. The number of hydrogen-bond acceptors (Lipinski definition) is 7. The molecule has 0 saturated heterocycles. The van der Waals surface area contributed by atoms with Crippen LogP contribution in [0.5, 0.6) is 0 Å². The van der Waals surface area contributed by atoms with Gasteiger partial charge < -0.3 is 25.6 Å². The van der Waals surface area contributed by atoms with Crippen LogP contribution in [-0.4, -0.2) is 57.1 Å². The maximum absolute atomic E-state index is 13.3. The molecule has 1 unspecified atom stereocenters. The Hall–Kier alpha value is -1.71. The Labute approximate surface area is 200 Å². The Morgan fingerprint density at radius 1 is 1.15 bits per heavy atom. The van der Waals surface area contributed by atoms with Crippen LogP contribution in [0.1, 0.15) is 77.8 Å². The van der Waals surface area contributed by atoms with Gasteiger partial charge in [0.05, 0.1) is 23.4 Å². The van der Waals surface area contributed by atoms with Gasteiger partial charge in [0.15, 0.2) is 0 Å². The van der Waals surface area contributed by atoms with Gasteiger partial charge in [0.2, 0.25) is 5.91 Å². The summed E-state index contributed by atoms with van der Waals surface area (Å²) in [5.41, 5.74) is 1.68. The van der Waals surface area contributed by atoms with Crippen molar-refractivity contribution >= 4 is 23.3 Å². The van der Waals surface area contributed by atoms with E-state index >= 15 is 0 Å². The molecule has 4 N–H and O–H groups in total. The van der Waals surface area contributed by atoms with Crippen LogP contribution in [0.15, 0.2) is 10.9 Å². The van der Waals surface area contributed by atoms with Gasteiger partial charge in [-0.3, -0.25) is 4.79 Å². The van der Waals surface area contributed by atoms with Crippen molar-refractivity contribution in [2.75, 3.05) is 0 Å². The Morgan fingerprint density at radius 2 is 1.85 bits per heavy atom. The van der Waals surface area contributed by atoms with E-state index in [9.17, 15) is 19.8 Å². The highest BCUT2D eigenvalue weighted by atomic mass is 32.1. The number of carbonyl (C=O) groups is 2. The monoisotopic (exact) mass is 481 g/mol. The Bertz CT molecular complexity index is 757. The average Bonchev–Trinajstić information content (AvgIpc) is 3.47. The lowest BCUT2D eigenvalue weighted by Crippen LogP contribution is -2.56. The van der Waals surface area contributed by atoms with E-state index in [-0.39, 0.29) is 12.3 Å². The number of aliphatic hydroxyl groups is 2. The first-order valence-corrected chi connectivity index (χ1v) is 13.1. The Kier molecular flexibility index (Phi) is 9.12. The zero-order valence-electron chi connectivity index (χ0n) is 20.0. The number of aromatic nitrogens is 1. The number of alkyl carbamates (subject to hydrolysis) is 1.